The van der Waals surface area contributed by atoms with Crippen LogP contribution in [0.15, 0.2) is 41.4 Å². The summed E-state index contributed by atoms with van der Waals surface area (Å²) in [4.78, 5) is 6.74. The predicted molar refractivity (Wildman–Crippen MR) is 110 cm³/mol. The molecule has 0 bridgehead atoms. The van der Waals surface area contributed by atoms with Crippen molar-refractivity contribution >= 4 is 29.2 Å². The Morgan fingerprint density at radius 3 is 2.77 bits per heavy atom. The Kier molecular flexibility index (Phi) is 5.38. The zero-order chi connectivity index (χ0) is 18.9. The summed E-state index contributed by atoms with van der Waals surface area (Å²) in [6, 6.07) is 10.9. The smallest absolute Gasteiger partial charge is 0.134 e. The molecule has 0 radical (unpaired) electrons. The molecule has 4 heteroatoms. The van der Waals surface area contributed by atoms with E-state index in [0.29, 0.717) is 16.5 Å². The molecule has 0 amide bonds. The van der Waals surface area contributed by atoms with Gasteiger partial charge in [-0.2, -0.15) is 0 Å². The molecule has 2 nitrogen and oxygen atoms in total. The summed E-state index contributed by atoms with van der Waals surface area (Å²) in [5.41, 5.74) is 3.49. The van der Waals surface area contributed by atoms with E-state index in [1.165, 1.54) is 5.56 Å². The van der Waals surface area contributed by atoms with Crippen LogP contribution in [0.3, 0.4) is 0 Å². The van der Waals surface area contributed by atoms with Crippen LogP contribution in [-0.4, -0.2) is 18.3 Å². The second kappa shape index (κ2) is 7.40. The minimum Gasteiger partial charge on any atom is -0.366 e. The number of nitrogens with zero attached hydrogens (tertiary/aromatic N) is 2. The fraction of sp³-hybridized carbons (Fsp3) is 0.409. The number of aliphatic imine (C=N–C) groups is 1. The molecule has 0 saturated carbocycles. The molecule has 26 heavy (non-hydrogen) atoms. The summed E-state index contributed by atoms with van der Waals surface area (Å²) in [5, 5.41) is 0.622. The molecule has 0 fully saturated rings. The first kappa shape index (κ1) is 18.9. The number of benzene rings is 2. The molecular weight excluding hydrogens is 347 g/mol. The zero-order valence-electron chi connectivity index (χ0n) is 15.9. The van der Waals surface area contributed by atoms with Gasteiger partial charge >= 0.3 is 0 Å². The molecule has 1 aliphatic rings. The van der Waals surface area contributed by atoms with E-state index in [1.807, 2.05) is 18.2 Å². The molecule has 1 atom stereocenters. The van der Waals surface area contributed by atoms with E-state index in [9.17, 15) is 4.39 Å². The van der Waals surface area contributed by atoms with Crippen molar-refractivity contribution in [2.24, 2.45) is 4.99 Å². The van der Waals surface area contributed by atoms with Crippen molar-refractivity contribution in [2.45, 2.75) is 52.0 Å². The summed E-state index contributed by atoms with van der Waals surface area (Å²) < 4.78 is 14.8. The van der Waals surface area contributed by atoms with Gasteiger partial charge in [0.05, 0.1) is 5.69 Å². The molecule has 1 aliphatic heterocycles. The van der Waals surface area contributed by atoms with Crippen molar-refractivity contribution in [3.05, 3.63) is 58.4 Å². The van der Waals surface area contributed by atoms with Crippen LogP contribution in [0.4, 0.5) is 15.8 Å². The van der Waals surface area contributed by atoms with Crippen LogP contribution in [0.1, 0.15) is 57.6 Å². The standard InChI is InChI=1S/C22H26ClFN2/c1-5-9-26-21-12-20(24)16(10-19(21)15(2)13-22(26,3)4)14-25-18-8-6-7-17(23)11-18/h6-8,10-12,14-15H,5,9,13H2,1-4H3. The Hall–Kier alpha value is -1.87. The first-order valence-corrected chi connectivity index (χ1v) is 9.60. The van der Waals surface area contributed by atoms with Gasteiger partial charge in [0.2, 0.25) is 0 Å². The number of hydrogen-bond donors (Lipinski definition) is 0. The lowest BCUT2D eigenvalue weighted by Crippen LogP contribution is -2.48. The second-order valence-electron chi connectivity index (χ2n) is 7.74. The summed E-state index contributed by atoms with van der Waals surface area (Å²) in [7, 11) is 0. The molecule has 3 rings (SSSR count). The average Bonchev–Trinajstić information content (AvgIpc) is 2.57. The highest BCUT2D eigenvalue weighted by atomic mass is 35.5. The molecule has 2 aromatic rings. The molecule has 0 aliphatic carbocycles. The number of hydrogen-bond acceptors (Lipinski definition) is 2. The minimum absolute atomic E-state index is 0.0330. The van der Waals surface area contributed by atoms with Crippen LogP contribution >= 0.6 is 11.6 Å². The third-order valence-corrected chi connectivity index (χ3v) is 5.35. The maximum Gasteiger partial charge on any atom is 0.134 e. The molecule has 2 aromatic carbocycles. The van der Waals surface area contributed by atoms with Crippen molar-refractivity contribution < 1.29 is 4.39 Å². The molecule has 0 spiro atoms. The monoisotopic (exact) mass is 372 g/mol. The van der Waals surface area contributed by atoms with Crippen LogP contribution in [0, 0.1) is 5.82 Å². The third-order valence-electron chi connectivity index (χ3n) is 5.11. The van der Waals surface area contributed by atoms with Crippen LogP contribution in [0.25, 0.3) is 0 Å². The van der Waals surface area contributed by atoms with Gasteiger partial charge in [-0.15, -0.1) is 0 Å². The molecule has 0 aromatic heterocycles. The van der Waals surface area contributed by atoms with Crippen LogP contribution in [0.5, 0.6) is 0 Å². The van der Waals surface area contributed by atoms with Crippen molar-refractivity contribution in [2.75, 3.05) is 11.4 Å². The van der Waals surface area contributed by atoms with Gasteiger partial charge in [0, 0.05) is 34.6 Å². The Morgan fingerprint density at radius 2 is 2.08 bits per heavy atom. The fourth-order valence-corrected chi connectivity index (χ4v) is 4.15. The minimum atomic E-state index is -0.236. The molecule has 1 heterocycles. The van der Waals surface area contributed by atoms with Gasteiger partial charge in [0.1, 0.15) is 5.82 Å². The van der Waals surface area contributed by atoms with Crippen LogP contribution in [-0.2, 0) is 0 Å². The summed E-state index contributed by atoms with van der Waals surface area (Å²) >= 11 is 5.99. The Bertz CT molecular complexity index is 829. The summed E-state index contributed by atoms with van der Waals surface area (Å²) in [6.45, 7) is 9.81. The van der Waals surface area contributed by atoms with Gasteiger partial charge in [0.25, 0.3) is 0 Å². The first-order chi connectivity index (χ1) is 12.3. The predicted octanol–water partition coefficient (Wildman–Crippen LogP) is 6.73. The van der Waals surface area contributed by atoms with E-state index >= 15 is 0 Å². The van der Waals surface area contributed by atoms with Crippen LogP contribution < -0.4 is 4.90 Å². The Morgan fingerprint density at radius 1 is 1.31 bits per heavy atom. The largest absolute Gasteiger partial charge is 0.366 e. The van der Waals surface area contributed by atoms with E-state index in [4.69, 9.17) is 11.6 Å². The van der Waals surface area contributed by atoms with Crippen molar-refractivity contribution in [3.63, 3.8) is 0 Å². The Balaban J connectivity index is 2.00. The lowest BCUT2D eigenvalue weighted by atomic mass is 9.79. The van der Waals surface area contributed by atoms with Crippen molar-refractivity contribution in [1.29, 1.82) is 0 Å². The van der Waals surface area contributed by atoms with E-state index in [1.54, 1.807) is 24.4 Å². The Labute approximate surface area is 160 Å². The lowest BCUT2D eigenvalue weighted by Gasteiger charge is -2.47. The van der Waals surface area contributed by atoms with Gasteiger partial charge in [-0.1, -0.05) is 31.5 Å². The molecule has 0 N–H and O–H groups in total. The molecule has 1 unspecified atom stereocenters. The number of rotatable bonds is 4. The normalized spacial score (nSPS) is 19.0. The second-order valence-corrected chi connectivity index (χ2v) is 8.18. The maximum atomic E-state index is 14.8. The number of fused-ring (bicyclic) bond motifs is 1. The fourth-order valence-electron chi connectivity index (χ4n) is 3.97. The molecule has 0 saturated heterocycles. The van der Waals surface area contributed by atoms with Gasteiger partial charge in [0.15, 0.2) is 0 Å². The highest BCUT2D eigenvalue weighted by molar-refractivity contribution is 6.30. The quantitative estimate of drug-likeness (QED) is 0.543. The topological polar surface area (TPSA) is 15.6 Å². The number of halogens is 2. The maximum absolute atomic E-state index is 14.8. The van der Waals surface area contributed by atoms with E-state index < -0.39 is 0 Å². The van der Waals surface area contributed by atoms with Crippen molar-refractivity contribution in [3.8, 4) is 0 Å². The third kappa shape index (κ3) is 3.78. The SMILES string of the molecule is CCCN1c2cc(F)c(C=Nc3cccc(Cl)c3)cc2C(C)CC1(C)C. The van der Waals surface area contributed by atoms with E-state index in [0.717, 1.165) is 30.8 Å². The highest BCUT2D eigenvalue weighted by Gasteiger charge is 2.36. The zero-order valence-corrected chi connectivity index (χ0v) is 16.6. The van der Waals surface area contributed by atoms with Gasteiger partial charge in [-0.05, 0) is 68.5 Å². The van der Waals surface area contributed by atoms with Crippen molar-refractivity contribution in [1.82, 2.24) is 0 Å². The molecular formula is C22H26ClFN2. The summed E-state index contributed by atoms with van der Waals surface area (Å²) in [6.07, 6.45) is 3.69. The van der Waals surface area contributed by atoms with E-state index in [-0.39, 0.29) is 11.4 Å². The lowest BCUT2D eigenvalue weighted by molar-refractivity contribution is 0.375. The van der Waals surface area contributed by atoms with Gasteiger partial charge in [-0.25, -0.2) is 4.39 Å². The van der Waals surface area contributed by atoms with E-state index in [2.05, 4.69) is 37.6 Å². The first-order valence-electron chi connectivity index (χ1n) is 9.22. The van der Waals surface area contributed by atoms with Gasteiger partial charge in [-0.3, -0.25) is 4.99 Å². The average molecular weight is 373 g/mol. The van der Waals surface area contributed by atoms with Gasteiger partial charge < -0.3 is 4.90 Å². The number of anilines is 1. The highest BCUT2D eigenvalue weighted by Crippen LogP contribution is 2.44. The molecule has 138 valence electrons. The van der Waals surface area contributed by atoms with Crippen LogP contribution in [0.2, 0.25) is 5.02 Å². The summed E-state index contributed by atoms with van der Waals surface area (Å²) in [5.74, 6) is 0.146.